The number of methoxy groups -OCH3 is 1. The van der Waals surface area contributed by atoms with Gasteiger partial charge in [0.25, 0.3) is 0 Å². The molecule has 0 bridgehead atoms. The first-order valence-corrected chi connectivity index (χ1v) is 11.5. The summed E-state index contributed by atoms with van der Waals surface area (Å²) < 4.78 is 17.7. The summed E-state index contributed by atoms with van der Waals surface area (Å²) in [6, 6.07) is 32.6. The highest BCUT2D eigenvalue weighted by molar-refractivity contribution is 6.14. The molecule has 0 aromatic heterocycles. The average Bonchev–Trinajstić information content (AvgIpc) is 2.91. The van der Waals surface area contributed by atoms with Gasteiger partial charge in [-0.1, -0.05) is 60.7 Å². The molecular formula is C30H27NO3. The van der Waals surface area contributed by atoms with E-state index in [1.807, 2.05) is 48.5 Å². The van der Waals surface area contributed by atoms with Gasteiger partial charge in [0.05, 0.1) is 12.8 Å². The molecule has 0 N–H and O–H groups in total. The van der Waals surface area contributed by atoms with Gasteiger partial charge >= 0.3 is 0 Å². The van der Waals surface area contributed by atoms with E-state index in [9.17, 15) is 0 Å². The van der Waals surface area contributed by atoms with E-state index >= 15 is 0 Å². The average molecular weight is 450 g/mol. The number of aliphatic imine (C=N–C) groups is 1. The first-order chi connectivity index (χ1) is 16.8. The molecule has 0 atom stereocenters. The maximum atomic E-state index is 6.16. The summed E-state index contributed by atoms with van der Waals surface area (Å²) in [5.41, 5.74) is 6.61. The number of hydrogen-bond acceptors (Lipinski definition) is 4. The molecule has 0 aliphatic carbocycles. The van der Waals surface area contributed by atoms with E-state index in [1.165, 1.54) is 5.56 Å². The number of benzene rings is 4. The molecule has 4 heteroatoms. The summed E-state index contributed by atoms with van der Waals surface area (Å²) in [4.78, 5) is 4.86. The molecule has 0 saturated carbocycles. The lowest BCUT2D eigenvalue weighted by molar-refractivity contribution is 0.284. The predicted molar refractivity (Wildman–Crippen MR) is 135 cm³/mol. The van der Waals surface area contributed by atoms with E-state index in [-0.39, 0.29) is 0 Å². The molecular weight excluding hydrogens is 422 g/mol. The standard InChI is InChI=1S/C30H27NO3/c1-32-28-18-25-16-17-31-30(27(25)19-29(28)34-21-23-10-6-3-7-11-23)24-12-14-26(15-13-24)33-20-22-8-4-2-5-9-22/h2-15,18-19H,16-17,20-21H2,1H3. The molecule has 0 spiro atoms. The molecule has 0 fully saturated rings. The molecule has 4 aromatic rings. The molecule has 34 heavy (non-hydrogen) atoms. The number of ether oxygens (including phenoxy) is 3. The molecule has 1 heterocycles. The zero-order valence-electron chi connectivity index (χ0n) is 19.2. The van der Waals surface area contributed by atoms with Crippen LogP contribution in [0.15, 0.2) is 102 Å². The van der Waals surface area contributed by atoms with Crippen LogP contribution in [0.25, 0.3) is 0 Å². The predicted octanol–water partition coefficient (Wildman–Crippen LogP) is 6.25. The number of hydrogen-bond donors (Lipinski definition) is 0. The molecule has 0 saturated heterocycles. The van der Waals surface area contributed by atoms with Crippen LogP contribution in [0.1, 0.15) is 27.8 Å². The van der Waals surface area contributed by atoms with Gasteiger partial charge in [0.2, 0.25) is 0 Å². The second-order valence-corrected chi connectivity index (χ2v) is 8.21. The van der Waals surface area contributed by atoms with Crippen LogP contribution in [0, 0.1) is 0 Å². The fourth-order valence-corrected chi connectivity index (χ4v) is 4.11. The van der Waals surface area contributed by atoms with Crippen molar-refractivity contribution in [2.75, 3.05) is 13.7 Å². The van der Waals surface area contributed by atoms with Gasteiger partial charge in [-0.3, -0.25) is 4.99 Å². The minimum absolute atomic E-state index is 0.482. The van der Waals surface area contributed by atoms with Gasteiger partial charge in [0.15, 0.2) is 11.5 Å². The Balaban J connectivity index is 1.36. The third-order valence-electron chi connectivity index (χ3n) is 5.91. The Morgan fingerprint density at radius 2 is 1.35 bits per heavy atom. The maximum Gasteiger partial charge on any atom is 0.162 e. The van der Waals surface area contributed by atoms with Crippen LogP contribution in [-0.4, -0.2) is 19.4 Å². The third-order valence-corrected chi connectivity index (χ3v) is 5.91. The van der Waals surface area contributed by atoms with E-state index in [0.717, 1.165) is 58.2 Å². The van der Waals surface area contributed by atoms with Gasteiger partial charge in [-0.05, 0) is 59.5 Å². The third kappa shape index (κ3) is 4.96. The molecule has 0 radical (unpaired) electrons. The van der Waals surface area contributed by atoms with Crippen molar-refractivity contribution in [1.82, 2.24) is 0 Å². The minimum atomic E-state index is 0.482. The molecule has 0 amide bonds. The van der Waals surface area contributed by atoms with Crippen molar-refractivity contribution in [1.29, 1.82) is 0 Å². The van der Waals surface area contributed by atoms with Gasteiger partial charge in [-0.2, -0.15) is 0 Å². The first kappa shape index (κ1) is 21.8. The molecule has 5 rings (SSSR count). The second-order valence-electron chi connectivity index (χ2n) is 8.21. The number of fused-ring (bicyclic) bond motifs is 1. The normalized spacial score (nSPS) is 12.4. The van der Waals surface area contributed by atoms with Gasteiger partial charge in [-0.25, -0.2) is 0 Å². The lowest BCUT2D eigenvalue weighted by Crippen LogP contribution is -2.15. The van der Waals surface area contributed by atoms with Crippen LogP contribution >= 0.6 is 0 Å². The smallest absolute Gasteiger partial charge is 0.162 e. The van der Waals surface area contributed by atoms with Crippen molar-refractivity contribution < 1.29 is 14.2 Å². The summed E-state index contributed by atoms with van der Waals surface area (Å²) in [5.74, 6) is 2.31. The van der Waals surface area contributed by atoms with Crippen molar-refractivity contribution >= 4 is 5.71 Å². The van der Waals surface area contributed by atoms with E-state index in [1.54, 1.807) is 7.11 Å². The van der Waals surface area contributed by atoms with Crippen molar-refractivity contribution in [3.63, 3.8) is 0 Å². The summed E-state index contributed by atoms with van der Waals surface area (Å²) >= 11 is 0. The Bertz CT molecular complexity index is 1270. The fraction of sp³-hybridized carbons (Fsp3) is 0.167. The van der Waals surface area contributed by atoms with E-state index in [2.05, 4.69) is 48.5 Å². The van der Waals surface area contributed by atoms with E-state index < -0.39 is 0 Å². The van der Waals surface area contributed by atoms with Crippen LogP contribution in [0.2, 0.25) is 0 Å². The Morgan fingerprint density at radius 3 is 2.00 bits per heavy atom. The number of rotatable bonds is 8. The Kier molecular flexibility index (Phi) is 6.57. The van der Waals surface area contributed by atoms with Gasteiger partial charge < -0.3 is 14.2 Å². The molecule has 170 valence electrons. The first-order valence-electron chi connectivity index (χ1n) is 11.5. The van der Waals surface area contributed by atoms with Gasteiger partial charge in [-0.15, -0.1) is 0 Å². The summed E-state index contributed by atoms with van der Waals surface area (Å²) in [5, 5.41) is 0. The zero-order chi connectivity index (χ0) is 23.2. The molecule has 1 aliphatic heterocycles. The molecule has 4 aromatic carbocycles. The van der Waals surface area contributed by atoms with Crippen molar-refractivity contribution in [2.24, 2.45) is 4.99 Å². The van der Waals surface area contributed by atoms with Crippen molar-refractivity contribution in [3.05, 3.63) is 125 Å². The van der Waals surface area contributed by atoms with Crippen molar-refractivity contribution in [2.45, 2.75) is 19.6 Å². The minimum Gasteiger partial charge on any atom is -0.493 e. The lowest BCUT2D eigenvalue weighted by atomic mass is 9.92. The quantitative estimate of drug-likeness (QED) is 0.319. The van der Waals surface area contributed by atoms with E-state index in [4.69, 9.17) is 19.2 Å². The monoisotopic (exact) mass is 449 g/mol. The molecule has 4 nitrogen and oxygen atoms in total. The van der Waals surface area contributed by atoms with Crippen LogP contribution < -0.4 is 14.2 Å². The van der Waals surface area contributed by atoms with Crippen molar-refractivity contribution in [3.8, 4) is 17.2 Å². The fourth-order valence-electron chi connectivity index (χ4n) is 4.11. The highest BCUT2D eigenvalue weighted by atomic mass is 16.5. The summed E-state index contributed by atoms with van der Waals surface area (Å²) in [6.07, 6.45) is 0.881. The largest absolute Gasteiger partial charge is 0.493 e. The zero-order valence-corrected chi connectivity index (χ0v) is 19.2. The maximum absolute atomic E-state index is 6.16. The Hall–Kier alpha value is -4.05. The van der Waals surface area contributed by atoms with Gasteiger partial charge in [0.1, 0.15) is 19.0 Å². The van der Waals surface area contributed by atoms with Crippen LogP contribution in [-0.2, 0) is 19.6 Å². The van der Waals surface area contributed by atoms with Crippen LogP contribution in [0.3, 0.4) is 0 Å². The summed E-state index contributed by atoms with van der Waals surface area (Å²) in [7, 11) is 1.68. The molecule has 1 aliphatic rings. The Morgan fingerprint density at radius 1 is 0.706 bits per heavy atom. The SMILES string of the molecule is COc1cc2c(cc1OCc1ccccc1)C(c1ccc(OCc3ccccc3)cc1)=NCC2. The highest BCUT2D eigenvalue weighted by Gasteiger charge is 2.20. The van der Waals surface area contributed by atoms with Gasteiger partial charge in [0, 0.05) is 17.7 Å². The van der Waals surface area contributed by atoms with E-state index in [0.29, 0.717) is 13.2 Å². The van der Waals surface area contributed by atoms with Crippen LogP contribution in [0.4, 0.5) is 0 Å². The second kappa shape index (κ2) is 10.3. The highest BCUT2D eigenvalue weighted by Crippen LogP contribution is 2.34. The Labute approximate surface area is 200 Å². The van der Waals surface area contributed by atoms with Crippen LogP contribution in [0.5, 0.6) is 17.2 Å². The number of nitrogens with zero attached hydrogens (tertiary/aromatic N) is 1. The lowest BCUT2D eigenvalue weighted by Gasteiger charge is -2.21. The topological polar surface area (TPSA) is 40.0 Å². The molecule has 0 unspecified atom stereocenters. The summed E-state index contributed by atoms with van der Waals surface area (Å²) in [6.45, 7) is 1.78.